The summed E-state index contributed by atoms with van der Waals surface area (Å²) >= 11 is 0. The highest BCUT2D eigenvalue weighted by Gasteiger charge is 2.38. The molecule has 0 amide bonds. The number of fused-ring (bicyclic) bond motifs is 6. The maximum absolute atomic E-state index is 2.46. The van der Waals surface area contributed by atoms with E-state index in [1.807, 2.05) is 0 Å². The Balaban J connectivity index is 0.888. The largest absolute Gasteiger partial charge is 0.310 e. The second-order valence-electron chi connectivity index (χ2n) is 21.3. The Morgan fingerprint density at radius 2 is 0.676 bits per heavy atom. The standard InChI is InChI=1S/C72H58N2/c1-71(2)67-26-16-14-24-63(67)65-42-40-60(47-69(65)71)74(61-41-43-66-64-25-15-17-27-68(64)72(3,4)70(66)48-61)59-38-32-54(33-39-59)53-30-36-58(37-31-53)73(57-34-28-52(29-35-57)49-18-8-5-9-19-49)62-45-55(50-20-10-6-11-21-50)44-56(46-62)51-22-12-7-13-23-51/h5-12,14-22,24-48H,13,23H2,1-4H3. The van der Waals surface area contributed by atoms with Crippen LogP contribution >= 0.6 is 0 Å². The summed E-state index contributed by atoms with van der Waals surface area (Å²) in [6, 6.07) is 87.9. The fourth-order valence-corrected chi connectivity index (χ4v) is 12.2. The summed E-state index contributed by atoms with van der Waals surface area (Å²) in [5, 5.41) is 0. The van der Waals surface area contributed by atoms with E-state index >= 15 is 0 Å². The van der Waals surface area contributed by atoms with Crippen molar-refractivity contribution in [2.75, 3.05) is 9.80 Å². The monoisotopic (exact) mass is 950 g/mol. The minimum absolute atomic E-state index is 0.121. The Labute approximate surface area is 436 Å². The zero-order valence-corrected chi connectivity index (χ0v) is 42.6. The first-order chi connectivity index (χ1) is 36.2. The van der Waals surface area contributed by atoms with Crippen LogP contribution in [-0.4, -0.2) is 0 Å². The Kier molecular flexibility index (Phi) is 11.0. The minimum atomic E-state index is -0.121. The van der Waals surface area contributed by atoms with E-state index in [9.17, 15) is 0 Å². The van der Waals surface area contributed by atoms with Gasteiger partial charge in [-0.1, -0.05) is 204 Å². The summed E-state index contributed by atoms with van der Waals surface area (Å²) < 4.78 is 0. The van der Waals surface area contributed by atoms with Gasteiger partial charge in [-0.25, -0.2) is 0 Å². The molecule has 13 rings (SSSR count). The molecule has 0 atom stereocenters. The Hall–Kier alpha value is -8.72. The van der Waals surface area contributed by atoms with Crippen LogP contribution in [0.2, 0.25) is 0 Å². The van der Waals surface area contributed by atoms with Gasteiger partial charge in [0, 0.05) is 45.0 Å². The van der Waals surface area contributed by atoms with Crippen LogP contribution in [-0.2, 0) is 10.8 Å². The third-order valence-electron chi connectivity index (χ3n) is 16.1. The Morgan fingerprint density at radius 1 is 0.297 bits per heavy atom. The Bertz CT molecular complexity index is 3690. The van der Waals surface area contributed by atoms with Gasteiger partial charge in [0.05, 0.1) is 0 Å². The quantitative estimate of drug-likeness (QED) is 0.135. The molecule has 0 aromatic heterocycles. The number of allylic oxidation sites excluding steroid dienone is 4. The average Bonchev–Trinajstić information content (AvgIpc) is 3.83. The maximum Gasteiger partial charge on any atom is 0.0473 e. The number of hydrogen-bond donors (Lipinski definition) is 0. The van der Waals surface area contributed by atoms with Gasteiger partial charge in [0.25, 0.3) is 0 Å². The van der Waals surface area contributed by atoms with Gasteiger partial charge in [-0.15, -0.1) is 0 Å². The molecule has 0 spiro atoms. The van der Waals surface area contributed by atoms with Gasteiger partial charge in [0.15, 0.2) is 0 Å². The zero-order chi connectivity index (χ0) is 50.0. The van der Waals surface area contributed by atoms with E-state index in [0.717, 1.165) is 52.5 Å². The van der Waals surface area contributed by atoms with Crippen molar-refractivity contribution in [3.8, 4) is 55.6 Å². The van der Waals surface area contributed by atoms with Gasteiger partial charge in [-0.05, 0) is 181 Å². The lowest BCUT2D eigenvalue weighted by Gasteiger charge is -2.30. The van der Waals surface area contributed by atoms with Crippen molar-refractivity contribution in [1.29, 1.82) is 0 Å². The predicted molar refractivity (Wildman–Crippen MR) is 314 cm³/mol. The molecule has 0 saturated heterocycles. The molecule has 3 aliphatic carbocycles. The van der Waals surface area contributed by atoms with Crippen LogP contribution in [0.5, 0.6) is 0 Å². The second kappa shape index (κ2) is 18.1. The molecule has 0 N–H and O–H groups in total. The summed E-state index contributed by atoms with van der Waals surface area (Å²) in [6.07, 6.45) is 8.82. The molecular weight excluding hydrogens is 893 g/mol. The fraction of sp³-hybridized carbons (Fsp3) is 0.111. The lowest BCUT2D eigenvalue weighted by atomic mass is 9.82. The number of benzene rings is 10. The molecule has 10 aromatic carbocycles. The molecule has 74 heavy (non-hydrogen) atoms. The van der Waals surface area contributed by atoms with E-state index in [-0.39, 0.29) is 10.8 Å². The predicted octanol–water partition coefficient (Wildman–Crippen LogP) is 20.0. The third-order valence-corrected chi connectivity index (χ3v) is 16.1. The molecule has 0 bridgehead atoms. The first kappa shape index (κ1) is 45.2. The molecule has 0 fully saturated rings. The molecule has 0 aliphatic heterocycles. The van der Waals surface area contributed by atoms with Gasteiger partial charge in [-0.2, -0.15) is 0 Å². The van der Waals surface area contributed by atoms with E-state index < -0.39 is 0 Å². The third kappa shape index (κ3) is 7.81. The van der Waals surface area contributed by atoms with E-state index in [0.29, 0.717) is 0 Å². The summed E-state index contributed by atoms with van der Waals surface area (Å²) in [6.45, 7) is 9.48. The molecule has 2 nitrogen and oxygen atoms in total. The Morgan fingerprint density at radius 3 is 1.14 bits per heavy atom. The van der Waals surface area contributed by atoms with Gasteiger partial charge in [0.1, 0.15) is 0 Å². The van der Waals surface area contributed by atoms with Crippen LogP contribution < -0.4 is 9.80 Å². The zero-order valence-electron chi connectivity index (χ0n) is 42.6. The average molecular weight is 951 g/mol. The van der Waals surface area contributed by atoms with Gasteiger partial charge < -0.3 is 9.80 Å². The van der Waals surface area contributed by atoms with Crippen LogP contribution in [0.3, 0.4) is 0 Å². The highest BCUT2D eigenvalue weighted by molar-refractivity contribution is 5.90. The van der Waals surface area contributed by atoms with Crippen LogP contribution in [0.25, 0.3) is 61.2 Å². The summed E-state index contributed by atoms with van der Waals surface area (Å²) in [4.78, 5) is 4.88. The van der Waals surface area contributed by atoms with Crippen LogP contribution in [0.1, 0.15) is 68.4 Å². The van der Waals surface area contributed by atoms with E-state index in [1.54, 1.807) is 0 Å². The van der Waals surface area contributed by atoms with Crippen molar-refractivity contribution < 1.29 is 0 Å². The molecule has 10 aromatic rings. The van der Waals surface area contributed by atoms with Gasteiger partial charge >= 0.3 is 0 Å². The number of nitrogens with zero attached hydrogens (tertiary/aromatic N) is 2. The lowest BCUT2D eigenvalue weighted by molar-refractivity contribution is 0.660. The van der Waals surface area contributed by atoms with Crippen LogP contribution in [0.4, 0.5) is 34.1 Å². The topological polar surface area (TPSA) is 6.48 Å². The summed E-state index contributed by atoms with van der Waals surface area (Å²) in [5.41, 5.74) is 27.1. The van der Waals surface area contributed by atoms with E-state index in [1.165, 1.54) is 83.5 Å². The van der Waals surface area contributed by atoms with Crippen molar-refractivity contribution >= 4 is 39.7 Å². The second-order valence-corrected chi connectivity index (χ2v) is 21.3. The highest BCUT2D eigenvalue weighted by Crippen LogP contribution is 2.53. The van der Waals surface area contributed by atoms with Crippen molar-refractivity contribution in [1.82, 2.24) is 0 Å². The van der Waals surface area contributed by atoms with Gasteiger partial charge in [-0.3, -0.25) is 0 Å². The first-order valence-electron chi connectivity index (χ1n) is 26.2. The molecular formula is C72H58N2. The summed E-state index contributed by atoms with van der Waals surface area (Å²) in [7, 11) is 0. The van der Waals surface area contributed by atoms with Crippen molar-refractivity contribution in [3.63, 3.8) is 0 Å². The van der Waals surface area contributed by atoms with Gasteiger partial charge in [0.2, 0.25) is 0 Å². The van der Waals surface area contributed by atoms with E-state index in [2.05, 4.69) is 292 Å². The van der Waals surface area contributed by atoms with Crippen LogP contribution in [0.15, 0.2) is 255 Å². The van der Waals surface area contributed by atoms with Crippen LogP contribution in [0, 0.1) is 0 Å². The molecule has 0 heterocycles. The number of anilines is 6. The number of hydrogen-bond acceptors (Lipinski definition) is 2. The van der Waals surface area contributed by atoms with Crippen molar-refractivity contribution in [3.05, 3.63) is 283 Å². The fourth-order valence-electron chi connectivity index (χ4n) is 12.2. The molecule has 3 aliphatic rings. The highest BCUT2D eigenvalue weighted by atomic mass is 15.1. The normalized spacial score (nSPS) is 14.4. The first-order valence-corrected chi connectivity index (χ1v) is 26.2. The van der Waals surface area contributed by atoms with Crippen molar-refractivity contribution in [2.45, 2.75) is 51.4 Å². The molecule has 0 radical (unpaired) electrons. The molecule has 356 valence electrons. The summed E-state index contributed by atoms with van der Waals surface area (Å²) in [5.74, 6) is 0. The smallest absolute Gasteiger partial charge is 0.0473 e. The lowest BCUT2D eigenvalue weighted by Crippen LogP contribution is -2.18. The maximum atomic E-state index is 2.46. The molecule has 2 heteroatoms. The van der Waals surface area contributed by atoms with Crippen molar-refractivity contribution in [2.24, 2.45) is 0 Å². The number of rotatable bonds is 10. The van der Waals surface area contributed by atoms with E-state index in [4.69, 9.17) is 0 Å². The SMILES string of the molecule is CC1(C)c2ccccc2-c2ccc(N(c3ccc(-c4ccc(N(c5ccc(-c6ccccc6)cc5)c5cc(C6=CC=CCC6)cc(-c6ccccc6)c5)cc4)cc3)c3ccc4c(c3)C(C)(C)c3ccccc3-4)cc21. The molecule has 0 saturated carbocycles. The minimum Gasteiger partial charge on any atom is -0.310 e. The molecule has 0 unspecified atom stereocenters.